The second kappa shape index (κ2) is 9.82. The lowest BCUT2D eigenvalue weighted by Crippen LogP contribution is -2.41. The van der Waals surface area contributed by atoms with Gasteiger partial charge < -0.3 is 14.8 Å². The average Bonchev–Trinajstić information content (AvgIpc) is 2.59. The van der Waals surface area contributed by atoms with Gasteiger partial charge in [0.15, 0.2) is 11.5 Å². The summed E-state index contributed by atoms with van der Waals surface area (Å²) in [6.07, 6.45) is 1.04. The van der Waals surface area contributed by atoms with Gasteiger partial charge in [-0.25, -0.2) is 4.39 Å². The second-order valence-corrected chi connectivity index (χ2v) is 9.60. The lowest BCUT2D eigenvalue weighted by Gasteiger charge is -2.33. The summed E-state index contributed by atoms with van der Waals surface area (Å²) in [7, 11) is 0. The quantitative estimate of drug-likeness (QED) is 0.485. The van der Waals surface area contributed by atoms with Crippen LogP contribution in [0.4, 0.5) is 4.39 Å². The Morgan fingerprint density at radius 1 is 1.03 bits per heavy atom. The molecule has 0 unspecified atom stereocenters. The highest BCUT2D eigenvalue weighted by Gasteiger charge is 2.25. The van der Waals surface area contributed by atoms with Crippen molar-refractivity contribution >= 4 is 11.6 Å². The monoisotopic (exact) mass is 421 g/mol. The first-order valence-corrected chi connectivity index (χ1v) is 10.4. The van der Waals surface area contributed by atoms with Crippen molar-refractivity contribution in [2.45, 2.75) is 66.7 Å². The van der Waals surface area contributed by atoms with Crippen molar-refractivity contribution in [3.8, 4) is 11.5 Å². The number of halogens is 2. The van der Waals surface area contributed by atoms with E-state index in [1.165, 1.54) is 6.07 Å². The van der Waals surface area contributed by atoms with Crippen LogP contribution in [0.3, 0.4) is 0 Å². The molecule has 5 heteroatoms. The van der Waals surface area contributed by atoms with Gasteiger partial charge in [-0.15, -0.1) is 0 Å². The molecule has 0 fully saturated rings. The molecule has 3 nitrogen and oxygen atoms in total. The summed E-state index contributed by atoms with van der Waals surface area (Å²) in [4.78, 5) is 0. The zero-order chi connectivity index (χ0) is 21.7. The Labute approximate surface area is 179 Å². The van der Waals surface area contributed by atoms with E-state index in [1.807, 2.05) is 19.1 Å². The minimum atomic E-state index is -0.302. The molecule has 0 radical (unpaired) electrons. The molecule has 0 aromatic heterocycles. The van der Waals surface area contributed by atoms with Gasteiger partial charge in [0.25, 0.3) is 0 Å². The van der Waals surface area contributed by atoms with Gasteiger partial charge in [0.05, 0.1) is 11.6 Å². The van der Waals surface area contributed by atoms with Crippen molar-refractivity contribution in [1.29, 1.82) is 0 Å². The molecule has 0 aliphatic rings. The predicted octanol–water partition coefficient (Wildman–Crippen LogP) is 6.76. The minimum Gasteiger partial charge on any atom is -0.490 e. The molecule has 2 aromatic rings. The smallest absolute Gasteiger partial charge is 0.180 e. The topological polar surface area (TPSA) is 30.5 Å². The largest absolute Gasteiger partial charge is 0.490 e. The molecule has 160 valence electrons. The van der Waals surface area contributed by atoms with Crippen LogP contribution in [0.2, 0.25) is 5.02 Å². The predicted molar refractivity (Wildman–Crippen MR) is 118 cm³/mol. The zero-order valence-corrected chi connectivity index (χ0v) is 19.1. The van der Waals surface area contributed by atoms with Gasteiger partial charge >= 0.3 is 0 Å². The molecular formula is C24H33ClFNO2. The van der Waals surface area contributed by atoms with Crippen molar-refractivity contribution in [2.24, 2.45) is 5.41 Å². The normalized spacial score (nSPS) is 12.1. The molecule has 0 bridgehead atoms. The lowest BCUT2D eigenvalue weighted by atomic mass is 9.82. The Hall–Kier alpha value is -1.78. The minimum absolute atomic E-state index is 0.0174. The molecule has 29 heavy (non-hydrogen) atoms. The number of nitrogens with one attached hydrogen (secondary N) is 1. The summed E-state index contributed by atoms with van der Waals surface area (Å²) in [5, 5.41) is 4.06. The van der Waals surface area contributed by atoms with Gasteiger partial charge in [-0.2, -0.15) is 0 Å². The SMILES string of the molecule is CCOc1cc(CNC(C)(C)CC(C)(C)C)cc(Cl)c1OCc1ccccc1F. The molecule has 0 atom stereocenters. The van der Waals surface area contributed by atoms with E-state index in [0.29, 0.717) is 35.2 Å². The van der Waals surface area contributed by atoms with Crippen molar-refractivity contribution in [3.63, 3.8) is 0 Å². The maximum absolute atomic E-state index is 13.9. The molecule has 0 spiro atoms. The fourth-order valence-corrected chi connectivity index (χ4v) is 3.91. The number of hydrogen-bond acceptors (Lipinski definition) is 3. The van der Waals surface area contributed by atoms with Gasteiger partial charge in [0, 0.05) is 17.6 Å². The summed E-state index contributed by atoms with van der Waals surface area (Å²) in [5.74, 6) is 0.708. The van der Waals surface area contributed by atoms with Gasteiger partial charge in [-0.3, -0.25) is 0 Å². The standard InChI is InChI=1S/C24H33ClFNO2/c1-7-28-21-13-17(14-27-24(5,6)16-23(2,3)4)12-19(25)22(21)29-15-18-10-8-9-11-20(18)26/h8-13,27H,7,14-16H2,1-6H3. The number of ether oxygens (including phenoxy) is 2. The lowest BCUT2D eigenvalue weighted by molar-refractivity contribution is 0.240. The van der Waals surface area contributed by atoms with E-state index in [4.69, 9.17) is 21.1 Å². The average molecular weight is 422 g/mol. The van der Waals surface area contributed by atoms with E-state index in [-0.39, 0.29) is 23.4 Å². The van der Waals surface area contributed by atoms with E-state index in [0.717, 1.165) is 12.0 Å². The van der Waals surface area contributed by atoms with E-state index in [9.17, 15) is 4.39 Å². The molecule has 0 heterocycles. The van der Waals surface area contributed by atoms with E-state index >= 15 is 0 Å². The zero-order valence-electron chi connectivity index (χ0n) is 18.4. The first-order valence-electron chi connectivity index (χ1n) is 10.1. The summed E-state index contributed by atoms with van der Waals surface area (Å²) in [6.45, 7) is 14.3. The Kier molecular flexibility index (Phi) is 7.95. The van der Waals surface area contributed by atoms with Crippen LogP contribution < -0.4 is 14.8 Å². The Morgan fingerprint density at radius 2 is 1.72 bits per heavy atom. The third-order valence-electron chi connectivity index (χ3n) is 4.44. The molecule has 0 aliphatic heterocycles. The molecule has 0 aliphatic carbocycles. The van der Waals surface area contributed by atoms with Crippen LogP contribution in [0, 0.1) is 11.2 Å². The summed E-state index contributed by atoms with van der Waals surface area (Å²) >= 11 is 6.51. The fourth-order valence-electron chi connectivity index (χ4n) is 3.62. The van der Waals surface area contributed by atoms with Gasteiger partial charge in [-0.1, -0.05) is 50.6 Å². The first kappa shape index (κ1) is 23.5. The van der Waals surface area contributed by atoms with Gasteiger partial charge in [0.2, 0.25) is 0 Å². The van der Waals surface area contributed by atoms with Crippen LogP contribution in [-0.2, 0) is 13.2 Å². The highest BCUT2D eigenvalue weighted by Crippen LogP contribution is 2.37. The van der Waals surface area contributed by atoms with Crippen molar-refractivity contribution in [3.05, 3.63) is 58.4 Å². The van der Waals surface area contributed by atoms with Crippen LogP contribution in [0.1, 0.15) is 59.1 Å². The Balaban J connectivity index is 2.15. The maximum Gasteiger partial charge on any atom is 0.180 e. The van der Waals surface area contributed by atoms with Crippen LogP contribution in [-0.4, -0.2) is 12.1 Å². The molecular weight excluding hydrogens is 389 g/mol. The van der Waals surface area contributed by atoms with E-state index < -0.39 is 0 Å². The summed E-state index contributed by atoms with van der Waals surface area (Å²) < 4.78 is 25.5. The van der Waals surface area contributed by atoms with Gasteiger partial charge in [-0.05, 0) is 56.4 Å². The third-order valence-corrected chi connectivity index (χ3v) is 4.72. The molecule has 0 amide bonds. The van der Waals surface area contributed by atoms with E-state index in [1.54, 1.807) is 18.2 Å². The van der Waals surface area contributed by atoms with Crippen LogP contribution in [0.25, 0.3) is 0 Å². The van der Waals surface area contributed by atoms with Crippen molar-refractivity contribution < 1.29 is 13.9 Å². The first-order chi connectivity index (χ1) is 13.5. The molecule has 0 saturated heterocycles. The highest BCUT2D eigenvalue weighted by molar-refractivity contribution is 6.32. The molecule has 1 N–H and O–H groups in total. The highest BCUT2D eigenvalue weighted by atomic mass is 35.5. The number of rotatable bonds is 9. The van der Waals surface area contributed by atoms with E-state index in [2.05, 4.69) is 39.9 Å². The third kappa shape index (κ3) is 7.52. The van der Waals surface area contributed by atoms with Crippen LogP contribution in [0.15, 0.2) is 36.4 Å². The molecule has 2 aromatic carbocycles. The summed E-state index contributed by atoms with van der Waals surface area (Å²) in [6, 6.07) is 10.4. The Morgan fingerprint density at radius 3 is 2.34 bits per heavy atom. The summed E-state index contributed by atoms with van der Waals surface area (Å²) in [5.41, 5.74) is 1.70. The van der Waals surface area contributed by atoms with Crippen molar-refractivity contribution in [1.82, 2.24) is 5.32 Å². The Bertz CT molecular complexity index is 815. The van der Waals surface area contributed by atoms with Crippen LogP contribution >= 0.6 is 11.6 Å². The molecule has 2 rings (SSSR count). The maximum atomic E-state index is 13.9. The fraction of sp³-hybridized carbons (Fsp3) is 0.500. The second-order valence-electron chi connectivity index (χ2n) is 9.19. The van der Waals surface area contributed by atoms with Gasteiger partial charge in [0.1, 0.15) is 12.4 Å². The van der Waals surface area contributed by atoms with Crippen LogP contribution in [0.5, 0.6) is 11.5 Å². The van der Waals surface area contributed by atoms with Crippen molar-refractivity contribution in [2.75, 3.05) is 6.61 Å². The number of hydrogen-bond donors (Lipinski definition) is 1. The number of benzene rings is 2. The molecule has 0 saturated carbocycles.